The summed E-state index contributed by atoms with van der Waals surface area (Å²) in [6.07, 6.45) is 5.07. The van der Waals surface area contributed by atoms with E-state index >= 15 is 0 Å². The van der Waals surface area contributed by atoms with E-state index in [0.29, 0.717) is 5.92 Å². The molecule has 0 aliphatic rings. The fourth-order valence-electron chi connectivity index (χ4n) is 2.27. The number of nitrogens with zero attached hydrogens (tertiary/aromatic N) is 2. The molecule has 0 fully saturated rings. The second-order valence-electron chi connectivity index (χ2n) is 5.74. The number of aromatic nitrogens is 2. The number of hydrogen-bond donors (Lipinski definition) is 1. The quantitative estimate of drug-likeness (QED) is 0.758. The van der Waals surface area contributed by atoms with Crippen LogP contribution in [0.1, 0.15) is 25.0 Å². The predicted octanol–water partition coefficient (Wildman–Crippen LogP) is 3.30. The van der Waals surface area contributed by atoms with Gasteiger partial charge >= 0.3 is 0 Å². The van der Waals surface area contributed by atoms with Crippen LogP contribution in [-0.2, 0) is 19.5 Å². The van der Waals surface area contributed by atoms with Gasteiger partial charge in [0, 0.05) is 24.8 Å². The lowest BCUT2D eigenvalue weighted by atomic mass is 10.1. The molecule has 0 bridgehead atoms. The molecule has 0 unspecified atom stereocenters. The molecule has 1 aromatic carbocycles. The molecule has 1 aromatic heterocycles. The van der Waals surface area contributed by atoms with Crippen molar-refractivity contribution in [1.29, 1.82) is 0 Å². The molecule has 4 nitrogen and oxygen atoms in total. The summed E-state index contributed by atoms with van der Waals surface area (Å²) in [6.45, 7) is 7.19. The molecule has 2 rings (SSSR count). The van der Waals surface area contributed by atoms with Crippen molar-refractivity contribution >= 4 is 12.4 Å². The van der Waals surface area contributed by atoms with E-state index in [-0.39, 0.29) is 12.4 Å². The maximum absolute atomic E-state index is 5.23. The van der Waals surface area contributed by atoms with Crippen molar-refractivity contribution in [2.24, 2.45) is 5.92 Å². The van der Waals surface area contributed by atoms with E-state index in [9.17, 15) is 0 Å². The lowest BCUT2D eigenvalue weighted by Crippen LogP contribution is -2.16. The minimum Gasteiger partial charge on any atom is -0.497 e. The van der Waals surface area contributed by atoms with E-state index in [1.165, 1.54) is 11.1 Å². The molecule has 0 aliphatic heterocycles. The van der Waals surface area contributed by atoms with Gasteiger partial charge in [-0.1, -0.05) is 26.0 Å². The molecule has 0 radical (unpaired) electrons. The Morgan fingerprint density at radius 2 is 2.09 bits per heavy atom. The van der Waals surface area contributed by atoms with Crippen LogP contribution in [-0.4, -0.2) is 23.4 Å². The molecule has 1 N–H and O–H groups in total. The lowest BCUT2D eigenvalue weighted by molar-refractivity contribution is 0.414. The normalized spacial score (nSPS) is 10.5. The average molecular weight is 324 g/mol. The van der Waals surface area contributed by atoms with Crippen molar-refractivity contribution in [2.45, 2.75) is 33.4 Å². The molecular weight excluding hydrogens is 298 g/mol. The fraction of sp³-hybridized carbons (Fsp3) is 0.471. The van der Waals surface area contributed by atoms with Crippen LogP contribution in [0.15, 0.2) is 36.7 Å². The Kier molecular flexibility index (Phi) is 7.99. The van der Waals surface area contributed by atoms with Crippen LogP contribution >= 0.6 is 12.4 Å². The first-order valence-electron chi connectivity index (χ1n) is 7.52. The molecular formula is C17H26ClN3O. The number of rotatable bonds is 8. The zero-order chi connectivity index (χ0) is 15.1. The van der Waals surface area contributed by atoms with Crippen LogP contribution < -0.4 is 10.1 Å². The van der Waals surface area contributed by atoms with Crippen molar-refractivity contribution in [2.75, 3.05) is 13.7 Å². The van der Waals surface area contributed by atoms with Crippen molar-refractivity contribution in [3.8, 4) is 5.75 Å². The van der Waals surface area contributed by atoms with Gasteiger partial charge in [-0.3, -0.25) is 4.68 Å². The number of ether oxygens (including phenoxy) is 1. The number of nitrogens with one attached hydrogen (secondary N) is 1. The first-order chi connectivity index (χ1) is 10.2. The number of benzene rings is 1. The summed E-state index contributed by atoms with van der Waals surface area (Å²) in [7, 11) is 1.70. The summed E-state index contributed by atoms with van der Waals surface area (Å²) in [5.74, 6) is 1.54. The van der Waals surface area contributed by atoms with Crippen LogP contribution in [0.3, 0.4) is 0 Å². The molecule has 0 saturated heterocycles. The van der Waals surface area contributed by atoms with Crippen LogP contribution in [0.5, 0.6) is 5.75 Å². The standard InChI is InChI=1S/C17H25N3O.ClH/c1-14(2)12-20-13-16(11-19-20)10-18-8-7-15-5-4-6-17(9-15)21-3;/h4-6,9,11,13-14,18H,7-8,10,12H2,1-3H3;1H. The first kappa shape index (κ1) is 18.5. The van der Waals surface area contributed by atoms with Gasteiger partial charge in [-0.05, 0) is 36.6 Å². The zero-order valence-corrected chi connectivity index (χ0v) is 14.4. The zero-order valence-electron chi connectivity index (χ0n) is 13.6. The molecule has 1 heterocycles. The SMILES string of the molecule is COc1cccc(CCNCc2cnn(CC(C)C)c2)c1.Cl. The highest BCUT2D eigenvalue weighted by Crippen LogP contribution is 2.12. The van der Waals surface area contributed by atoms with Gasteiger partial charge in [-0.15, -0.1) is 12.4 Å². The molecule has 5 heteroatoms. The predicted molar refractivity (Wildman–Crippen MR) is 92.7 cm³/mol. The Hall–Kier alpha value is -1.52. The summed E-state index contributed by atoms with van der Waals surface area (Å²) >= 11 is 0. The smallest absolute Gasteiger partial charge is 0.119 e. The second-order valence-corrected chi connectivity index (χ2v) is 5.74. The largest absolute Gasteiger partial charge is 0.497 e. The fourth-order valence-corrected chi connectivity index (χ4v) is 2.27. The highest BCUT2D eigenvalue weighted by atomic mass is 35.5. The van der Waals surface area contributed by atoms with Gasteiger partial charge in [-0.25, -0.2) is 0 Å². The van der Waals surface area contributed by atoms with Crippen molar-refractivity contribution < 1.29 is 4.74 Å². The van der Waals surface area contributed by atoms with Crippen LogP contribution in [0, 0.1) is 5.92 Å². The number of hydrogen-bond acceptors (Lipinski definition) is 3. The van der Waals surface area contributed by atoms with E-state index in [2.05, 4.69) is 42.6 Å². The topological polar surface area (TPSA) is 39.1 Å². The van der Waals surface area contributed by atoms with Gasteiger partial charge in [0.15, 0.2) is 0 Å². The Morgan fingerprint density at radius 1 is 1.27 bits per heavy atom. The van der Waals surface area contributed by atoms with E-state index < -0.39 is 0 Å². The van der Waals surface area contributed by atoms with E-state index in [0.717, 1.165) is 31.8 Å². The lowest BCUT2D eigenvalue weighted by Gasteiger charge is -2.06. The van der Waals surface area contributed by atoms with Crippen LogP contribution in [0.4, 0.5) is 0 Å². The number of methoxy groups -OCH3 is 1. The Balaban J connectivity index is 0.00000242. The van der Waals surface area contributed by atoms with Gasteiger partial charge < -0.3 is 10.1 Å². The van der Waals surface area contributed by atoms with Gasteiger partial charge in [0.05, 0.1) is 13.3 Å². The van der Waals surface area contributed by atoms with Crippen LogP contribution in [0.25, 0.3) is 0 Å². The molecule has 0 aliphatic carbocycles. The van der Waals surface area contributed by atoms with Crippen molar-refractivity contribution in [3.05, 3.63) is 47.8 Å². The van der Waals surface area contributed by atoms with Gasteiger partial charge in [-0.2, -0.15) is 5.10 Å². The average Bonchev–Trinajstić information content (AvgIpc) is 2.90. The molecule has 0 atom stereocenters. The molecule has 122 valence electrons. The van der Waals surface area contributed by atoms with Gasteiger partial charge in [0.2, 0.25) is 0 Å². The van der Waals surface area contributed by atoms with Gasteiger partial charge in [0.1, 0.15) is 5.75 Å². The van der Waals surface area contributed by atoms with Gasteiger partial charge in [0.25, 0.3) is 0 Å². The molecule has 0 amide bonds. The monoisotopic (exact) mass is 323 g/mol. The van der Waals surface area contributed by atoms with Crippen LogP contribution in [0.2, 0.25) is 0 Å². The van der Waals surface area contributed by atoms with Crippen molar-refractivity contribution in [3.63, 3.8) is 0 Å². The maximum atomic E-state index is 5.23. The highest BCUT2D eigenvalue weighted by Gasteiger charge is 2.01. The highest BCUT2D eigenvalue weighted by molar-refractivity contribution is 5.85. The second kappa shape index (κ2) is 9.49. The third-order valence-electron chi connectivity index (χ3n) is 3.29. The Labute approximate surface area is 139 Å². The Morgan fingerprint density at radius 3 is 2.82 bits per heavy atom. The molecule has 22 heavy (non-hydrogen) atoms. The summed E-state index contributed by atoms with van der Waals surface area (Å²) < 4.78 is 7.25. The number of halogens is 1. The summed E-state index contributed by atoms with van der Waals surface area (Å²) in [5, 5.41) is 7.84. The molecule has 0 spiro atoms. The summed E-state index contributed by atoms with van der Waals surface area (Å²) in [5.41, 5.74) is 2.53. The summed E-state index contributed by atoms with van der Waals surface area (Å²) in [6, 6.07) is 8.22. The Bertz CT molecular complexity index is 554. The van der Waals surface area contributed by atoms with E-state index in [4.69, 9.17) is 4.74 Å². The third-order valence-corrected chi connectivity index (χ3v) is 3.29. The van der Waals surface area contributed by atoms with Crippen molar-refractivity contribution in [1.82, 2.24) is 15.1 Å². The minimum atomic E-state index is 0. The molecule has 0 saturated carbocycles. The molecule has 2 aromatic rings. The summed E-state index contributed by atoms with van der Waals surface area (Å²) in [4.78, 5) is 0. The third kappa shape index (κ3) is 6.08. The first-order valence-corrected chi connectivity index (χ1v) is 7.52. The minimum absolute atomic E-state index is 0. The van der Waals surface area contributed by atoms with E-state index in [1.54, 1.807) is 7.11 Å². The van der Waals surface area contributed by atoms with E-state index in [1.807, 2.05) is 23.0 Å². The maximum Gasteiger partial charge on any atom is 0.119 e.